The Morgan fingerprint density at radius 3 is 2.67 bits per heavy atom. The van der Waals surface area contributed by atoms with Crippen molar-refractivity contribution in [3.63, 3.8) is 0 Å². The van der Waals surface area contributed by atoms with Crippen LogP contribution in [0.1, 0.15) is 51.5 Å². The Hall–Kier alpha value is -2.66. The lowest BCUT2D eigenvalue weighted by Gasteiger charge is -2.23. The van der Waals surface area contributed by atoms with Crippen LogP contribution in [-0.4, -0.2) is 10.1 Å². The molecule has 0 aliphatic carbocycles. The highest BCUT2D eigenvalue weighted by Gasteiger charge is 2.21. The third-order valence-electron chi connectivity index (χ3n) is 6.24. The summed E-state index contributed by atoms with van der Waals surface area (Å²) in [5, 5.41) is 14.1. The predicted octanol–water partition coefficient (Wildman–Crippen LogP) is 7.18. The summed E-state index contributed by atoms with van der Waals surface area (Å²) in [6.07, 6.45) is 3.18. The molecular weight excluding hydrogens is 397 g/mol. The van der Waals surface area contributed by atoms with Crippen molar-refractivity contribution in [3.8, 4) is 16.9 Å². The SMILES string of the molecule is CCCC(CC)C(C)c1ccc(-c2c(O)ccc3[nH]c(=O)c4sccc4c23)cc1F. The Kier molecular flexibility index (Phi) is 5.65. The number of benzene rings is 2. The normalized spacial score (nSPS) is 13.7. The second-order valence-electron chi connectivity index (χ2n) is 7.98. The number of H-pyrrole nitrogens is 1. The predicted molar refractivity (Wildman–Crippen MR) is 124 cm³/mol. The molecule has 4 aromatic rings. The van der Waals surface area contributed by atoms with Crippen molar-refractivity contribution < 1.29 is 9.50 Å². The van der Waals surface area contributed by atoms with Gasteiger partial charge < -0.3 is 10.1 Å². The molecule has 4 rings (SSSR count). The van der Waals surface area contributed by atoms with E-state index in [1.807, 2.05) is 23.6 Å². The topological polar surface area (TPSA) is 53.1 Å². The minimum atomic E-state index is -0.253. The summed E-state index contributed by atoms with van der Waals surface area (Å²) in [7, 11) is 0. The number of nitrogens with one attached hydrogen (secondary N) is 1. The summed E-state index contributed by atoms with van der Waals surface area (Å²) in [5.41, 5.74) is 2.35. The second kappa shape index (κ2) is 8.23. The van der Waals surface area contributed by atoms with E-state index in [0.717, 1.165) is 30.0 Å². The average molecular weight is 424 g/mol. The van der Waals surface area contributed by atoms with E-state index in [4.69, 9.17) is 0 Å². The smallest absolute Gasteiger partial charge is 0.266 e. The monoisotopic (exact) mass is 423 g/mol. The number of phenols is 1. The molecule has 0 radical (unpaired) electrons. The molecule has 0 aliphatic heterocycles. The Morgan fingerprint density at radius 1 is 1.17 bits per heavy atom. The highest BCUT2D eigenvalue weighted by atomic mass is 32.1. The summed E-state index contributed by atoms with van der Waals surface area (Å²) in [5.74, 6) is 0.387. The van der Waals surface area contributed by atoms with E-state index in [1.54, 1.807) is 12.1 Å². The molecule has 0 amide bonds. The van der Waals surface area contributed by atoms with Crippen molar-refractivity contribution in [1.29, 1.82) is 0 Å². The molecule has 2 aromatic heterocycles. The van der Waals surface area contributed by atoms with E-state index in [-0.39, 0.29) is 23.0 Å². The summed E-state index contributed by atoms with van der Waals surface area (Å²) >= 11 is 1.36. The number of rotatable bonds is 6. The molecule has 0 fully saturated rings. The molecule has 2 aromatic carbocycles. The lowest BCUT2D eigenvalue weighted by Crippen LogP contribution is -2.11. The van der Waals surface area contributed by atoms with Gasteiger partial charge in [0.1, 0.15) is 16.3 Å². The van der Waals surface area contributed by atoms with Gasteiger partial charge in [-0.3, -0.25) is 4.79 Å². The molecular formula is C25H26FNO2S. The van der Waals surface area contributed by atoms with E-state index in [0.29, 0.717) is 32.8 Å². The molecule has 0 aliphatic rings. The van der Waals surface area contributed by atoms with Crippen molar-refractivity contribution >= 4 is 32.3 Å². The lowest BCUT2D eigenvalue weighted by atomic mass is 9.82. The van der Waals surface area contributed by atoms with Crippen molar-refractivity contribution in [2.45, 2.75) is 46.0 Å². The van der Waals surface area contributed by atoms with Gasteiger partial charge in [0.2, 0.25) is 0 Å². The number of aromatic amines is 1. The van der Waals surface area contributed by atoms with Crippen molar-refractivity contribution in [3.05, 3.63) is 63.5 Å². The number of pyridine rings is 1. The average Bonchev–Trinajstić information content (AvgIpc) is 3.22. The lowest BCUT2D eigenvalue weighted by molar-refractivity contribution is 0.388. The fourth-order valence-corrected chi connectivity index (χ4v) is 5.41. The standard InChI is InChI=1S/C25H26FNO2S/c1-4-6-15(5-2)14(3)17-8-7-16(13-19(17)26)22-21(28)10-9-20-23(22)18-11-12-30-24(18)25(29)27-20/h7-15,28H,4-6H2,1-3H3,(H,27,29). The van der Waals surface area contributed by atoms with Crippen LogP contribution in [0.25, 0.3) is 32.1 Å². The van der Waals surface area contributed by atoms with Gasteiger partial charge in [-0.2, -0.15) is 0 Å². The molecule has 2 unspecified atom stereocenters. The van der Waals surface area contributed by atoms with Crippen LogP contribution in [0.5, 0.6) is 5.75 Å². The zero-order chi connectivity index (χ0) is 21.4. The van der Waals surface area contributed by atoms with Crippen molar-refractivity contribution in [2.75, 3.05) is 0 Å². The maximum absolute atomic E-state index is 15.2. The zero-order valence-corrected chi connectivity index (χ0v) is 18.3. The zero-order valence-electron chi connectivity index (χ0n) is 17.5. The Balaban J connectivity index is 1.89. The number of aromatic hydroxyl groups is 1. The van der Waals surface area contributed by atoms with Gasteiger partial charge >= 0.3 is 0 Å². The quantitative estimate of drug-likeness (QED) is 0.345. The van der Waals surface area contributed by atoms with Gasteiger partial charge in [0, 0.05) is 21.9 Å². The van der Waals surface area contributed by atoms with E-state index in [9.17, 15) is 9.90 Å². The first-order valence-electron chi connectivity index (χ1n) is 10.5. The van der Waals surface area contributed by atoms with Crippen LogP contribution < -0.4 is 5.56 Å². The number of halogens is 1. The van der Waals surface area contributed by atoms with Gasteiger partial charge in [0.25, 0.3) is 5.56 Å². The van der Waals surface area contributed by atoms with Crippen LogP contribution in [0.2, 0.25) is 0 Å². The maximum Gasteiger partial charge on any atom is 0.266 e. The van der Waals surface area contributed by atoms with Gasteiger partial charge in [-0.05, 0) is 52.6 Å². The number of hydrogen-bond acceptors (Lipinski definition) is 3. The summed E-state index contributed by atoms with van der Waals surface area (Å²) in [6, 6.07) is 10.4. The van der Waals surface area contributed by atoms with Crippen LogP contribution in [0, 0.1) is 11.7 Å². The fraction of sp³-hybridized carbons (Fsp3) is 0.320. The first kappa shape index (κ1) is 20.6. The molecule has 3 nitrogen and oxygen atoms in total. The molecule has 0 saturated carbocycles. The minimum absolute atomic E-state index is 0.0691. The van der Waals surface area contributed by atoms with Crippen LogP contribution in [0.15, 0.2) is 46.6 Å². The van der Waals surface area contributed by atoms with Crippen molar-refractivity contribution in [2.24, 2.45) is 5.92 Å². The maximum atomic E-state index is 15.2. The molecule has 2 atom stereocenters. The first-order valence-corrected chi connectivity index (χ1v) is 11.4. The van der Waals surface area contributed by atoms with E-state index < -0.39 is 0 Å². The second-order valence-corrected chi connectivity index (χ2v) is 8.90. The molecule has 0 saturated heterocycles. The number of fused-ring (bicyclic) bond motifs is 3. The largest absolute Gasteiger partial charge is 0.507 e. The van der Waals surface area contributed by atoms with Gasteiger partial charge in [-0.1, -0.05) is 52.2 Å². The molecule has 2 heterocycles. The fourth-order valence-electron chi connectivity index (χ4n) is 4.61. The Bertz CT molecular complexity index is 1270. The van der Waals surface area contributed by atoms with Crippen LogP contribution >= 0.6 is 11.3 Å². The number of thiophene rings is 1. The van der Waals surface area contributed by atoms with Crippen molar-refractivity contribution in [1.82, 2.24) is 4.98 Å². The van der Waals surface area contributed by atoms with E-state index in [1.165, 1.54) is 17.4 Å². The Labute approximate surface area is 179 Å². The Morgan fingerprint density at radius 2 is 1.97 bits per heavy atom. The molecule has 0 bridgehead atoms. The number of aromatic nitrogens is 1. The van der Waals surface area contributed by atoms with Crippen LogP contribution in [0.3, 0.4) is 0 Å². The first-order chi connectivity index (χ1) is 14.5. The molecule has 2 N–H and O–H groups in total. The number of hydrogen-bond donors (Lipinski definition) is 2. The minimum Gasteiger partial charge on any atom is -0.507 e. The summed E-state index contributed by atoms with van der Waals surface area (Å²) < 4.78 is 15.8. The molecule has 5 heteroatoms. The molecule has 0 spiro atoms. The van der Waals surface area contributed by atoms with E-state index in [2.05, 4.69) is 25.8 Å². The van der Waals surface area contributed by atoms with Crippen LogP contribution in [-0.2, 0) is 0 Å². The van der Waals surface area contributed by atoms with Crippen LogP contribution in [0.4, 0.5) is 4.39 Å². The molecule has 30 heavy (non-hydrogen) atoms. The van der Waals surface area contributed by atoms with E-state index >= 15 is 4.39 Å². The summed E-state index contributed by atoms with van der Waals surface area (Å²) in [6.45, 7) is 6.41. The van der Waals surface area contributed by atoms with Gasteiger partial charge in [-0.25, -0.2) is 4.39 Å². The highest BCUT2D eigenvalue weighted by Crippen LogP contribution is 2.41. The van der Waals surface area contributed by atoms with Gasteiger partial charge in [-0.15, -0.1) is 11.3 Å². The molecule has 156 valence electrons. The summed E-state index contributed by atoms with van der Waals surface area (Å²) in [4.78, 5) is 15.2. The third kappa shape index (κ3) is 3.41. The number of phenolic OH excluding ortho intramolecular Hbond substituents is 1. The highest BCUT2D eigenvalue weighted by molar-refractivity contribution is 7.17. The van der Waals surface area contributed by atoms with Gasteiger partial charge in [0.05, 0.1) is 0 Å². The third-order valence-corrected chi connectivity index (χ3v) is 7.16. The van der Waals surface area contributed by atoms with Gasteiger partial charge in [0.15, 0.2) is 0 Å².